The SMILES string of the molecule is CN1CCCCN=C1NCc1cccs1. The molecule has 15 heavy (non-hydrogen) atoms. The lowest BCUT2D eigenvalue weighted by atomic mass is 10.3. The van der Waals surface area contributed by atoms with Crippen LogP contribution in [-0.2, 0) is 6.54 Å². The summed E-state index contributed by atoms with van der Waals surface area (Å²) in [6, 6.07) is 4.23. The molecular weight excluding hydrogens is 206 g/mol. The van der Waals surface area contributed by atoms with Gasteiger partial charge in [0, 0.05) is 25.0 Å². The number of rotatable bonds is 2. The molecule has 0 unspecified atom stereocenters. The molecule has 1 aliphatic heterocycles. The van der Waals surface area contributed by atoms with Gasteiger partial charge in [-0.15, -0.1) is 11.3 Å². The maximum Gasteiger partial charge on any atom is 0.193 e. The van der Waals surface area contributed by atoms with E-state index in [0.717, 1.165) is 25.6 Å². The minimum Gasteiger partial charge on any atom is -0.351 e. The molecule has 82 valence electrons. The summed E-state index contributed by atoms with van der Waals surface area (Å²) >= 11 is 1.78. The predicted octanol–water partition coefficient (Wildman–Crippen LogP) is 1.92. The minimum atomic E-state index is 0.890. The van der Waals surface area contributed by atoms with Crippen molar-refractivity contribution >= 4 is 17.3 Å². The average molecular weight is 223 g/mol. The fraction of sp³-hybridized carbons (Fsp3) is 0.545. The average Bonchev–Trinajstić information content (AvgIpc) is 2.67. The van der Waals surface area contributed by atoms with Crippen molar-refractivity contribution in [2.24, 2.45) is 4.99 Å². The molecule has 4 heteroatoms. The summed E-state index contributed by atoms with van der Waals surface area (Å²) in [4.78, 5) is 8.11. The first-order chi connectivity index (χ1) is 7.36. The highest BCUT2D eigenvalue weighted by molar-refractivity contribution is 7.09. The van der Waals surface area contributed by atoms with Gasteiger partial charge in [-0.1, -0.05) is 6.07 Å². The van der Waals surface area contributed by atoms with Crippen LogP contribution < -0.4 is 5.32 Å². The van der Waals surface area contributed by atoms with Crippen LogP contribution in [-0.4, -0.2) is 31.0 Å². The third kappa shape index (κ3) is 2.96. The van der Waals surface area contributed by atoms with Crippen LogP contribution in [0.1, 0.15) is 17.7 Å². The fourth-order valence-corrected chi connectivity index (χ4v) is 2.29. The Morgan fingerprint density at radius 3 is 3.27 bits per heavy atom. The molecule has 1 aliphatic rings. The number of hydrogen-bond donors (Lipinski definition) is 1. The quantitative estimate of drug-likeness (QED) is 0.829. The van der Waals surface area contributed by atoms with Crippen molar-refractivity contribution in [2.75, 3.05) is 20.1 Å². The van der Waals surface area contributed by atoms with E-state index in [0.29, 0.717) is 0 Å². The monoisotopic (exact) mass is 223 g/mol. The van der Waals surface area contributed by atoms with Gasteiger partial charge in [-0.2, -0.15) is 0 Å². The Labute approximate surface area is 94.8 Å². The van der Waals surface area contributed by atoms with E-state index in [1.165, 1.54) is 17.7 Å². The van der Waals surface area contributed by atoms with Crippen molar-refractivity contribution in [1.29, 1.82) is 0 Å². The van der Waals surface area contributed by atoms with Gasteiger partial charge in [-0.3, -0.25) is 4.99 Å². The number of nitrogens with zero attached hydrogens (tertiary/aromatic N) is 2. The van der Waals surface area contributed by atoms with Crippen molar-refractivity contribution in [3.63, 3.8) is 0 Å². The predicted molar refractivity (Wildman–Crippen MR) is 65.3 cm³/mol. The lowest BCUT2D eigenvalue weighted by Gasteiger charge is -2.19. The standard InChI is InChI=1S/C11H17N3S/c1-14-7-3-2-6-12-11(14)13-9-10-5-4-8-15-10/h4-5,8H,2-3,6-7,9H2,1H3,(H,12,13). The van der Waals surface area contributed by atoms with Gasteiger partial charge in [0.15, 0.2) is 5.96 Å². The Bertz CT molecular complexity index is 319. The van der Waals surface area contributed by atoms with Gasteiger partial charge in [-0.25, -0.2) is 0 Å². The molecule has 1 aromatic rings. The molecule has 0 saturated carbocycles. The van der Waals surface area contributed by atoms with Crippen molar-refractivity contribution in [1.82, 2.24) is 10.2 Å². The highest BCUT2D eigenvalue weighted by Crippen LogP contribution is 2.08. The first-order valence-electron chi connectivity index (χ1n) is 5.38. The Morgan fingerprint density at radius 1 is 1.53 bits per heavy atom. The van der Waals surface area contributed by atoms with E-state index in [9.17, 15) is 0 Å². The van der Waals surface area contributed by atoms with Crippen LogP contribution in [0.3, 0.4) is 0 Å². The molecular formula is C11H17N3S. The second-order valence-electron chi connectivity index (χ2n) is 3.77. The zero-order valence-electron chi connectivity index (χ0n) is 9.07. The zero-order chi connectivity index (χ0) is 10.5. The van der Waals surface area contributed by atoms with Gasteiger partial charge < -0.3 is 10.2 Å². The van der Waals surface area contributed by atoms with Crippen LogP contribution in [0.4, 0.5) is 0 Å². The molecule has 1 N–H and O–H groups in total. The van der Waals surface area contributed by atoms with E-state index < -0.39 is 0 Å². The van der Waals surface area contributed by atoms with Gasteiger partial charge in [-0.05, 0) is 24.3 Å². The van der Waals surface area contributed by atoms with Crippen LogP contribution in [0.25, 0.3) is 0 Å². The number of thiophene rings is 1. The number of guanidine groups is 1. The number of hydrogen-bond acceptors (Lipinski definition) is 4. The second-order valence-corrected chi connectivity index (χ2v) is 4.80. The molecule has 0 bridgehead atoms. The lowest BCUT2D eigenvalue weighted by molar-refractivity contribution is 0.478. The number of nitrogens with one attached hydrogen (secondary N) is 1. The van der Waals surface area contributed by atoms with Crippen LogP contribution in [0.2, 0.25) is 0 Å². The topological polar surface area (TPSA) is 27.6 Å². The first kappa shape index (κ1) is 10.5. The summed E-state index contributed by atoms with van der Waals surface area (Å²) in [7, 11) is 2.10. The highest BCUT2D eigenvalue weighted by Gasteiger charge is 2.08. The lowest BCUT2D eigenvalue weighted by Crippen LogP contribution is -2.38. The van der Waals surface area contributed by atoms with E-state index in [1.807, 2.05) is 0 Å². The minimum absolute atomic E-state index is 0.890. The highest BCUT2D eigenvalue weighted by atomic mass is 32.1. The molecule has 0 aromatic carbocycles. The zero-order valence-corrected chi connectivity index (χ0v) is 9.89. The fourth-order valence-electron chi connectivity index (χ4n) is 1.64. The normalized spacial score (nSPS) is 17.1. The molecule has 2 rings (SSSR count). The van der Waals surface area contributed by atoms with Crippen LogP contribution >= 0.6 is 11.3 Å². The Hall–Kier alpha value is -1.03. The molecule has 0 spiro atoms. The summed E-state index contributed by atoms with van der Waals surface area (Å²) in [5.74, 6) is 1.04. The maximum atomic E-state index is 4.54. The van der Waals surface area contributed by atoms with E-state index in [1.54, 1.807) is 11.3 Å². The summed E-state index contributed by atoms with van der Waals surface area (Å²) in [5, 5.41) is 5.51. The molecule has 0 atom stereocenters. The van der Waals surface area contributed by atoms with Crippen molar-refractivity contribution in [3.05, 3.63) is 22.4 Å². The summed E-state index contributed by atoms with van der Waals surface area (Å²) in [6.45, 7) is 2.95. The molecule has 0 fully saturated rings. The van der Waals surface area contributed by atoms with Crippen molar-refractivity contribution in [3.8, 4) is 0 Å². The van der Waals surface area contributed by atoms with Crippen LogP contribution in [0.5, 0.6) is 0 Å². The molecule has 3 nitrogen and oxygen atoms in total. The van der Waals surface area contributed by atoms with Gasteiger partial charge in [0.1, 0.15) is 0 Å². The molecule has 0 amide bonds. The largest absolute Gasteiger partial charge is 0.351 e. The summed E-state index contributed by atoms with van der Waals surface area (Å²) in [6.07, 6.45) is 2.44. The molecule has 0 aliphatic carbocycles. The molecule has 1 aromatic heterocycles. The second kappa shape index (κ2) is 5.16. The Morgan fingerprint density at radius 2 is 2.47 bits per heavy atom. The molecule has 0 radical (unpaired) electrons. The van der Waals surface area contributed by atoms with Crippen molar-refractivity contribution in [2.45, 2.75) is 19.4 Å². The van der Waals surface area contributed by atoms with Gasteiger partial charge >= 0.3 is 0 Å². The van der Waals surface area contributed by atoms with E-state index in [4.69, 9.17) is 0 Å². The van der Waals surface area contributed by atoms with Crippen LogP contribution in [0, 0.1) is 0 Å². The molecule has 0 saturated heterocycles. The van der Waals surface area contributed by atoms with Crippen LogP contribution in [0.15, 0.2) is 22.5 Å². The maximum absolute atomic E-state index is 4.54. The Balaban J connectivity index is 1.89. The Kier molecular flexibility index (Phi) is 3.61. The van der Waals surface area contributed by atoms with E-state index in [2.05, 4.69) is 39.8 Å². The smallest absolute Gasteiger partial charge is 0.193 e. The third-order valence-corrected chi connectivity index (χ3v) is 3.40. The molecule has 2 heterocycles. The van der Waals surface area contributed by atoms with Gasteiger partial charge in [0.2, 0.25) is 0 Å². The van der Waals surface area contributed by atoms with Crippen molar-refractivity contribution < 1.29 is 0 Å². The summed E-state index contributed by atoms with van der Waals surface area (Å²) < 4.78 is 0. The van der Waals surface area contributed by atoms with E-state index >= 15 is 0 Å². The third-order valence-electron chi connectivity index (χ3n) is 2.53. The van der Waals surface area contributed by atoms with E-state index in [-0.39, 0.29) is 0 Å². The first-order valence-corrected chi connectivity index (χ1v) is 6.26. The summed E-state index contributed by atoms with van der Waals surface area (Å²) in [5.41, 5.74) is 0. The number of aliphatic imine (C=N–C) groups is 1. The van der Waals surface area contributed by atoms with Gasteiger partial charge in [0.25, 0.3) is 0 Å². The van der Waals surface area contributed by atoms with Gasteiger partial charge in [0.05, 0.1) is 6.54 Å².